The van der Waals surface area contributed by atoms with Crippen LogP contribution in [0.1, 0.15) is 29.3 Å². The number of carbonyl (C=O) groups excluding carboxylic acids is 1. The predicted molar refractivity (Wildman–Crippen MR) is 81.2 cm³/mol. The Balaban J connectivity index is 1.61. The average molecular weight is 300 g/mol. The van der Waals surface area contributed by atoms with Crippen LogP contribution in [0.25, 0.3) is 0 Å². The van der Waals surface area contributed by atoms with E-state index in [1.165, 1.54) is 5.56 Å². The molecular formula is C16H20N4O2. The van der Waals surface area contributed by atoms with Gasteiger partial charge in [-0.15, -0.1) is 10.2 Å². The lowest BCUT2D eigenvalue weighted by Crippen LogP contribution is -2.29. The number of fused-ring (bicyclic) bond motifs is 1. The SMILES string of the molecule is COCCn1cnnc1CNC(=O)[C@@H]1CCc2ccccc21. The fraction of sp³-hybridized carbons (Fsp3) is 0.438. The Labute approximate surface area is 129 Å². The minimum atomic E-state index is -0.0495. The molecule has 1 aromatic carbocycles. The molecule has 2 aromatic rings. The summed E-state index contributed by atoms with van der Waals surface area (Å²) in [6, 6.07) is 8.17. The maximum absolute atomic E-state index is 12.4. The first kappa shape index (κ1) is 14.7. The number of ether oxygens (including phenoxy) is 1. The van der Waals surface area contributed by atoms with Crippen LogP contribution in [0, 0.1) is 0 Å². The summed E-state index contributed by atoms with van der Waals surface area (Å²) in [5, 5.41) is 10.9. The summed E-state index contributed by atoms with van der Waals surface area (Å²) in [7, 11) is 1.66. The van der Waals surface area contributed by atoms with Crippen LogP contribution in [0.3, 0.4) is 0 Å². The third kappa shape index (κ3) is 3.01. The smallest absolute Gasteiger partial charge is 0.227 e. The van der Waals surface area contributed by atoms with Crippen LogP contribution in [0.5, 0.6) is 0 Å². The Hall–Kier alpha value is -2.21. The molecule has 22 heavy (non-hydrogen) atoms. The molecule has 1 aromatic heterocycles. The second-order valence-electron chi connectivity index (χ2n) is 5.44. The van der Waals surface area contributed by atoms with Gasteiger partial charge in [-0.3, -0.25) is 4.79 Å². The first-order valence-corrected chi connectivity index (χ1v) is 7.50. The number of nitrogens with one attached hydrogen (secondary N) is 1. The standard InChI is InChI=1S/C16H20N4O2/c1-22-9-8-20-11-18-19-15(20)10-17-16(21)14-7-6-12-4-2-3-5-13(12)14/h2-5,11,14H,6-10H2,1H3,(H,17,21)/t14-/m1/s1. The first-order chi connectivity index (χ1) is 10.8. The maximum Gasteiger partial charge on any atom is 0.227 e. The number of aryl methyl sites for hydroxylation is 1. The lowest BCUT2D eigenvalue weighted by molar-refractivity contribution is -0.122. The number of amides is 1. The van der Waals surface area contributed by atoms with Crippen molar-refractivity contribution in [3.05, 3.63) is 47.5 Å². The summed E-state index contributed by atoms with van der Waals surface area (Å²) in [6.45, 7) is 1.66. The molecule has 0 saturated carbocycles. The molecule has 1 N–H and O–H groups in total. The molecule has 1 heterocycles. The number of carbonyl (C=O) groups is 1. The van der Waals surface area contributed by atoms with E-state index in [0.29, 0.717) is 19.7 Å². The van der Waals surface area contributed by atoms with Crippen LogP contribution in [-0.4, -0.2) is 34.4 Å². The zero-order valence-electron chi connectivity index (χ0n) is 12.7. The van der Waals surface area contributed by atoms with Gasteiger partial charge in [-0.2, -0.15) is 0 Å². The van der Waals surface area contributed by atoms with Crippen molar-refractivity contribution in [2.45, 2.75) is 31.8 Å². The minimum absolute atomic E-state index is 0.0495. The number of rotatable bonds is 6. The molecule has 3 rings (SSSR count). The van der Waals surface area contributed by atoms with Crippen molar-refractivity contribution in [1.82, 2.24) is 20.1 Å². The van der Waals surface area contributed by atoms with Gasteiger partial charge in [0.2, 0.25) is 5.91 Å². The number of hydrogen-bond donors (Lipinski definition) is 1. The van der Waals surface area contributed by atoms with Crippen molar-refractivity contribution < 1.29 is 9.53 Å². The Kier molecular flexibility index (Phi) is 4.48. The highest BCUT2D eigenvalue weighted by molar-refractivity contribution is 5.84. The summed E-state index contributed by atoms with van der Waals surface area (Å²) in [5.74, 6) is 0.759. The second kappa shape index (κ2) is 6.70. The van der Waals surface area contributed by atoms with E-state index in [0.717, 1.165) is 24.2 Å². The van der Waals surface area contributed by atoms with Gasteiger partial charge in [0.25, 0.3) is 0 Å². The molecule has 6 heteroatoms. The molecule has 0 fully saturated rings. The molecule has 6 nitrogen and oxygen atoms in total. The van der Waals surface area contributed by atoms with Crippen LogP contribution in [0.2, 0.25) is 0 Å². The van der Waals surface area contributed by atoms with Gasteiger partial charge in [0.15, 0.2) is 5.82 Å². The largest absolute Gasteiger partial charge is 0.383 e. The summed E-state index contributed by atoms with van der Waals surface area (Å²) in [4.78, 5) is 12.4. The van der Waals surface area contributed by atoms with E-state index in [1.807, 2.05) is 22.8 Å². The Morgan fingerprint density at radius 3 is 3.18 bits per heavy atom. The van der Waals surface area contributed by atoms with Gasteiger partial charge in [0.05, 0.1) is 19.1 Å². The topological polar surface area (TPSA) is 69.0 Å². The van der Waals surface area contributed by atoms with E-state index in [2.05, 4.69) is 21.6 Å². The van der Waals surface area contributed by atoms with E-state index in [-0.39, 0.29) is 11.8 Å². The number of benzene rings is 1. The molecule has 1 aliphatic rings. The third-order valence-electron chi connectivity index (χ3n) is 4.10. The number of hydrogen-bond acceptors (Lipinski definition) is 4. The van der Waals surface area contributed by atoms with E-state index >= 15 is 0 Å². The van der Waals surface area contributed by atoms with Crippen molar-refractivity contribution in [3.8, 4) is 0 Å². The molecule has 1 aliphatic carbocycles. The highest BCUT2D eigenvalue weighted by atomic mass is 16.5. The molecule has 0 bridgehead atoms. The minimum Gasteiger partial charge on any atom is -0.383 e. The van der Waals surface area contributed by atoms with E-state index in [4.69, 9.17) is 4.74 Å². The van der Waals surface area contributed by atoms with E-state index in [1.54, 1.807) is 13.4 Å². The molecule has 116 valence electrons. The highest BCUT2D eigenvalue weighted by Crippen LogP contribution is 2.32. The van der Waals surface area contributed by atoms with Gasteiger partial charge in [0.1, 0.15) is 6.33 Å². The summed E-state index contributed by atoms with van der Waals surface area (Å²) in [5.41, 5.74) is 2.44. The van der Waals surface area contributed by atoms with Gasteiger partial charge in [-0.1, -0.05) is 24.3 Å². The summed E-state index contributed by atoms with van der Waals surface area (Å²) in [6.07, 6.45) is 3.51. The lowest BCUT2D eigenvalue weighted by atomic mass is 10.0. The second-order valence-corrected chi connectivity index (χ2v) is 5.44. The molecule has 0 aliphatic heterocycles. The third-order valence-corrected chi connectivity index (χ3v) is 4.10. The molecule has 1 amide bonds. The molecule has 1 atom stereocenters. The zero-order chi connectivity index (χ0) is 15.4. The Bertz CT molecular complexity index is 653. The fourth-order valence-corrected chi connectivity index (χ4v) is 2.91. The predicted octanol–water partition coefficient (Wildman–Crippen LogP) is 1.27. The fourth-order valence-electron chi connectivity index (χ4n) is 2.91. The van der Waals surface area contributed by atoms with Crippen LogP contribution in [0.15, 0.2) is 30.6 Å². The van der Waals surface area contributed by atoms with Gasteiger partial charge in [0, 0.05) is 13.7 Å². The van der Waals surface area contributed by atoms with Gasteiger partial charge < -0.3 is 14.6 Å². The van der Waals surface area contributed by atoms with Crippen LogP contribution in [-0.2, 0) is 29.0 Å². The van der Waals surface area contributed by atoms with Crippen molar-refractivity contribution >= 4 is 5.91 Å². The van der Waals surface area contributed by atoms with Crippen molar-refractivity contribution in [2.24, 2.45) is 0 Å². The molecule has 0 spiro atoms. The molecular weight excluding hydrogens is 280 g/mol. The van der Waals surface area contributed by atoms with E-state index < -0.39 is 0 Å². The van der Waals surface area contributed by atoms with Crippen molar-refractivity contribution in [1.29, 1.82) is 0 Å². The van der Waals surface area contributed by atoms with Gasteiger partial charge in [-0.25, -0.2) is 0 Å². The normalized spacial score (nSPS) is 16.5. The summed E-state index contributed by atoms with van der Waals surface area (Å²) < 4.78 is 6.95. The van der Waals surface area contributed by atoms with Crippen LogP contribution in [0.4, 0.5) is 0 Å². The summed E-state index contributed by atoms with van der Waals surface area (Å²) >= 11 is 0. The lowest BCUT2D eigenvalue weighted by Gasteiger charge is -2.12. The molecule has 0 saturated heterocycles. The quantitative estimate of drug-likeness (QED) is 0.872. The Morgan fingerprint density at radius 2 is 2.32 bits per heavy atom. The Morgan fingerprint density at radius 1 is 1.45 bits per heavy atom. The number of methoxy groups -OCH3 is 1. The van der Waals surface area contributed by atoms with Crippen molar-refractivity contribution in [2.75, 3.05) is 13.7 Å². The number of nitrogens with zero attached hydrogens (tertiary/aromatic N) is 3. The zero-order valence-corrected chi connectivity index (χ0v) is 12.7. The molecule has 0 unspecified atom stereocenters. The van der Waals surface area contributed by atoms with Gasteiger partial charge in [-0.05, 0) is 24.0 Å². The van der Waals surface area contributed by atoms with Gasteiger partial charge >= 0.3 is 0 Å². The molecule has 0 radical (unpaired) electrons. The van der Waals surface area contributed by atoms with Crippen molar-refractivity contribution in [3.63, 3.8) is 0 Å². The van der Waals surface area contributed by atoms with Crippen LogP contribution >= 0.6 is 0 Å². The monoisotopic (exact) mass is 300 g/mol. The van der Waals surface area contributed by atoms with E-state index in [9.17, 15) is 4.79 Å². The first-order valence-electron chi connectivity index (χ1n) is 7.50. The maximum atomic E-state index is 12.4. The van der Waals surface area contributed by atoms with Crippen LogP contribution < -0.4 is 5.32 Å². The number of aromatic nitrogens is 3. The average Bonchev–Trinajstić information content (AvgIpc) is 3.17. The highest BCUT2D eigenvalue weighted by Gasteiger charge is 2.28.